The molecule has 3 nitrogen and oxygen atoms in total. The molecule has 0 unspecified atom stereocenters. The minimum atomic E-state index is -0.434. The van der Waals surface area contributed by atoms with Crippen LogP contribution >= 0.6 is 11.6 Å². The average Bonchev–Trinajstić information content (AvgIpc) is 2.15. The molecule has 4 heteroatoms. The molecule has 74 valence electrons. The molecular weight excluding hydrogens is 202 g/mol. The first-order valence-corrected chi connectivity index (χ1v) is 4.34. The van der Waals surface area contributed by atoms with Crippen molar-refractivity contribution in [2.75, 3.05) is 7.11 Å². The second kappa shape index (κ2) is 4.24. The third-order valence-electron chi connectivity index (χ3n) is 1.65. The van der Waals surface area contributed by atoms with Crippen molar-refractivity contribution in [2.24, 2.45) is 0 Å². The van der Waals surface area contributed by atoms with Crippen molar-refractivity contribution < 1.29 is 9.53 Å². The molecular formula is C10H10ClNO2. The van der Waals surface area contributed by atoms with E-state index in [-0.39, 0.29) is 5.15 Å². The normalized spacial score (nSPS) is 9.64. The zero-order valence-electron chi connectivity index (χ0n) is 8.00. The molecule has 0 bridgehead atoms. The smallest absolute Gasteiger partial charge is 0.338 e. The van der Waals surface area contributed by atoms with Crippen molar-refractivity contribution in [2.45, 2.75) is 6.92 Å². The molecule has 0 fully saturated rings. The number of hydrogen-bond donors (Lipinski definition) is 0. The molecule has 0 aliphatic heterocycles. The molecule has 0 N–H and O–H groups in total. The maximum absolute atomic E-state index is 11.2. The third-order valence-corrected chi connectivity index (χ3v) is 1.85. The van der Waals surface area contributed by atoms with E-state index in [1.165, 1.54) is 13.2 Å². The largest absolute Gasteiger partial charge is 0.465 e. The van der Waals surface area contributed by atoms with Gasteiger partial charge in [0.25, 0.3) is 0 Å². The van der Waals surface area contributed by atoms with Crippen LogP contribution in [0.5, 0.6) is 0 Å². The topological polar surface area (TPSA) is 39.2 Å². The van der Waals surface area contributed by atoms with E-state index in [0.717, 1.165) is 5.57 Å². The summed E-state index contributed by atoms with van der Waals surface area (Å²) in [6, 6.07) is 3.06. The van der Waals surface area contributed by atoms with Crippen molar-refractivity contribution in [3.63, 3.8) is 0 Å². The number of ether oxygens (including phenoxy) is 1. The Morgan fingerprint density at radius 3 is 2.71 bits per heavy atom. The highest BCUT2D eigenvalue weighted by molar-refractivity contribution is 6.29. The average molecular weight is 212 g/mol. The number of methoxy groups -OCH3 is 1. The zero-order chi connectivity index (χ0) is 10.7. The second-order valence-electron chi connectivity index (χ2n) is 2.84. The Bertz CT molecular complexity index is 388. The Hall–Kier alpha value is -1.35. The third kappa shape index (κ3) is 2.33. The lowest BCUT2D eigenvalue weighted by Crippen LogP contribution is -2.02. The fourth-order valence-corrected chi connectivity index (χ4v) is 1.16. The SMILES string of the molecule is C=C(C)c1cc(C(=O)OC)cc(Cl)n1. The monoisotopic (exact) mass is 211 g/mol. The van der Waals surface area contributed by atoms with Gasteiger partial charge in [0.15, 0.2) is 0 Å². The number of hydrogen-bond acceptors (Lipinski definition) is 3. The van der Waals surface area contributed by atoms with Crippen molar-refractivity contribution in [1.82, 2.24) is 4.98 Å². The van der Waals surface area contributed by atoms with Crippen LogP contribution in [0.25, 0.3) is 5.57 Å². The van der Waals surface area contributed by atoms with Gasteiger partial charge in [-0.1, -0.05) is 18.2 Å². The van der Waals surface area contributed by atoms with Crippen LogP contribution in [-0.2, 0) is 4.74 Å². The summed E-state index contributed by atoms with van der Waals surface area (Å²) in [6.45, 7) is 5.51. The number of pyridine rings is 1. The molecule has 1 aromatic heterocycles. The van der Waals surface area contributed by atoms with Crippen LogP contribution in [-0.4, -0.2) is 18.1 Å². The van der Waals surface area contributed by atoms with Gasteiger partial charge in [0, 0.05) is 0 Å². The Morgan fingerprint density at radius 1 is 1.57 bits per heavy atom. The standard InChI is InChI=1S/C10H10ClNO2/c1-6(2)8-4-7(10(13)14-3)5-9(11)12-8/h4-5H,1H2,2-3H3. The van der Waals surface area contributed by atoms with Gasteiger partial charge in [0.05, 0.1) is 18.4 Å². The quantitative estimate of drug-likeness (QED) is 0.558. The molecule has 0 aromatic carbocycles. The Balaban J connectivity index is 3.20. The summed E-state index contributed by atoms with van der Waals surface area (Å²) >= 11 is 5.74. The van der Waals surface area contributed by atoms with Gasteiger partial charge in [0.1, 0.15) is 5.15 Å². The minimum Gasteiger partial charge on any atom is -0.465 e. The van der Waals surface area contributed by atoms with E-state index in [1.54, 1.807) is 13.0 Å². The number of rotatable bonds is 2. The number of nitrogens with zero attached hydrogens (tertiary/aromatic N) is 1. The predicted octanol–water partition coefficient (Wildman–Crippen LogP) is 2.55. The van der Waals surface area contributed by atoms with E-state index in [0.29, 0.717) is 11.3 Å². The number of carbonyl (C=O) groups is 1. The lowest BCUT2D eigenvalue weighted by Gasteiger charge is -2.03. The molecule has 1 rings (SSSR count). The summed E-state index contributed by atoms with van der Waals surface area (Å²) in [5, 5.41) is 0.255. The molecule has 0 aliphatic rings. The van der Waals surface area contributed by atoms with Crippen LogP contribution in [0.4, 0.5) is 0 Å². The Labute approximate surface area is 87.4 Å². The number of carbonyl (C=O) groups excluding carboxylic acids is 1. The summed E-state index contributed by atoms with van der Waals surface area (Å²) in [7, 11) is 1.32. The molecule has 1 aromatic rings. The lowest BCUT2D eigenvalue weighted by atomic mass is 10.1. The first-order chi connectivity index (χ1) is 6.54. The molecule has 0 aliphatic carbocycles. The summed E-state index contributed by atoms with van der Waals surface area (Å²) in [6.07, 6.45) is 0. The van der Waals surface area contributed by atoms with Gasteiger partial charge in [-0.3, -0.25) is 0 Å². The number of aromatic nitrogens is 1. The second-order valence-corrected chi connectivity index (χ2v) is 3.22. The lowest BCUT2D eigenvalue weighted by molar-refractivity contribution is 0.0600. The van der Waals surface area contributed by atoms with Gasteiger partial charge in [-0.15, -0.1) is 0 Å². The molecule has 0 radical (unpaired) electrons. The minimum absolute atomic E-state index is 0.255. The van der Waals surface area contributed by atoms with E-state index < -0.39 is 5.97 Å². The number of allylic oxidation sites excluding steroid dienone is 1. The molecule has 0 amide bonds. The predicted molar refractivity (Wildman–Crippen MR) is 55.3 cm³/mol. The van der Waals surface area contributed by atoms with Gasteiger partial charge in [-0.2, -0.15) is 0 Å². The van der Waals surface area contributed by atoms with E-state index >= 15 is 0 Å². The van der Waals surface area contributed by atoms with Gasteiger partial charge < -0.3 is 4.74 Å². The van der Waals surface area contributed by atoms with Gasteiger partial charge in [-0.05, 0) is 24.6 Å². The summed E-state index contributed by atoms with van der Waals surface area (Å²) in [5.41, 5.74) is 1.72. The maximum atomic E-state index is 11.2. The van der Waals surface area contributed by atoms with Crippen LogP contribution in [0.1, 0.15) is 23.0 Å². The van der Waals surface area contributed by atoms with Crippen molar-refractivity contribution in [3.8, 4) is 0 Å². The van der Waals surface area contributed by atoms with Crippen LogP contribution in [0, 0.1) is 0 Å². The first-order valence-electron chi connectivity index (χ1n) is 3.96. The van der Waals surface area contributed by atoms with Crippen LogP contribution in [0.15, 0.2) is 18.7 Å². The van der Waals surface area contributed by atoms with Gasteiger partial charge in [0.2, 0.25) is 0 Å². The highest BCUT2D eigenvalue weighted by atomic mass is 35.5. The van der Waals surface area contributed by atoms with E-state index in [4.69, 9.17) is 11.6 Å². The van der Waals surface area contributed by atoms with E-state index in [2.05, 4.69) is 16.3 Å². The van der Waals surface area contributed by atoms with Crippen LogP contribution < -0.4 is 0 Å². The van der Waals surface area contributed by atoms with Crippen molar-refractivity contribution in [3.05, 3.63) is 35.1 Å². The van der Waals surface area contributed by atoms with Gasteiger partial charge in [-0.25, -0.2) is 9.78 Å². The summed E-state index contributed by atoms with van der Waals surface area (Å²) in [4.78, 5) is 15.2. The van der Waals surface area contributed by atoms with E-state index in [1.807, 2.05) is 0 Å². The summed E-state index contributed by atoms with van der Waals surface area (Å²) in [5.74, 6) is -0.434. The maximum Gasteiger partial charge on any atom is 0.338 e. The molecule has 0 saturated carbocycles. The van der Waals surface area contributed by atoms with Crippen LogP contribution in [0.2, 0.25) is 5.15 Å². The highest BCUT2D eigenvalue weighted by Gasteiger charge is 2.09. The fraction of sp³-hybridized carbons (Fsp3) is 0.200. The van der Waals surface area contributed by atoms with Crippen molar-refractivity contribution in [1.29, 1.82) is 0 Å². The van der Waals surface area contributed by atoms with Crippen LogP contribution in [0.3, 0.4) is 0 Å². The molecule has 0 atom stereocenters. The van der Waals surface area contributed by atoms with Gasteiger partial charge >= 0.3 is 5.97 Å². The highest BCUT2D eigenvalue weighted by Crippen LogP contribution is 2.16. The molecule has 0 spiro atoms. The van der Waals surface area contributed by atoms with E-state index in [9.17, 15) is 4.79 Å². The fourth-order valence-electron chi connectivity index (χ4n) is 0.951. The Kier molecular flexibility index (Phi) is 3.25. The Morgan fingerprint density at radius 2 is 2.21 bits per heavy atom. The summed E-state index contributed by atoms with van der Waals surface area (Å²) < 4.78 is 4.57. The molecule has 14 heavy (non-hydrogen) atoms. The molecule has 1 heterocycles. The molecule has 0 saturated heterocycles. The first kappa shape index (κ1) is 10.7. The number of halogens is 1. The van der Waals surface area contributed by atoms with Crippen molar-refractivity contribution >= 4 is 23.1 Å². The number of esters is 1. The zero-order valence-corrected chi connectivity index (χ0v) is 8.76.